The summed E-state index contributed by atoms with van der Waals surface area (Å²) in [5, 5.41) is 5.25. The van der Waals surface area contributed by atoms with Crippen molar-refractivity contribution in [3.05, 3.63) is 45.6 Å². The minimum absolute atomic E-state index is 0. The molecule has 1 aromatic carbocycles. The zero-order chi connectivity index (χ0) is 17.6. The fraction of sp³-hybridized carbons (Fsp3) is 0.421. The van der Waals surface area contributed by atoms with E-state index in [4.69, 9.17) is 15.2 Å². The van der Waals surface area contributed by atoms with Crippen molar-refractivity contribution in [1.82, 2.24) is 5.32 Å². The van der Waals surface area contributed by atoms with Gasteiger partial charge < -0.3 is 20.5 Å². The molecule has 1 unspecified atom stereocenters. The molecular formula is C19H26IN3O2S. The molecule has 0 spiro atoms. The van der Waals surface area contributed by atoms with Gasteiger partial charge in [-0.25, -0.2) is 4.99 Å². The van der Waals surface area contributed by atoms with Crippen molar-refractivity contribution in [3.8, 4) is 11.5 Å². The molecule has 1 atom stereocenters. The van der Waals surface area contributed by atoms with Crippen LogP contribution in [-0.4, -0.2) is 25.2 Å². The maximum atomic E-state index is 5.99. The molecule has 2 aromatic rings. The van der Waals surface area contributed by atoms with Crippen LogP contribution in [0.2, 0.25) is 0 Å². The van der Waals surface area contributed by atoms with E-state index in [0.717, 1.165) is 36.4 Å². The number of ether oxygens (including phenoxy) is 2. The largest absolute Gasteiger partial charge is 0.494 e. The number of benzene rings is 1. The number of fused-ring (bicyclic) bond motifs is 1. The van der Waals surface area contributed by atoms with Gasteiger partial charge in [-0.2, -0.15) is 0 Å². The fourth-order valence-corrected chi connectivity index (χ4v) is 3.60. The highest BCUT2D eigenvalue weighted by molar-refractivity contribution is 14.0. The average molecular weight is 487 g/mol. The zero-order valence-electron chi connectivity index (χ0n) is 15.2. The summed E-state index contributed by atoms with van der Waals surface area (Å²) >= 11 is 1.75. The molecule has 0 aliphatic carbocycles. The number of aliphatic imine (C=N–C) groups is 1. The Labute approximate surface area is 176 Å². The number of halogens is 1. The zero-order valence-corrected chi connectivity index (χ0v) is 18.3. The normalized spacial score (nSPS) is 15.8. The first-order valence-corrected chi connectivity index (χ1v) is 9.55. The smallest absolute Gasteiger partial charge is 0.188 e. The molecule has 7 heteroatoms. The third kappa shape index (κ3) is 5.51. The van der Waals surface area contributed by atoms with E-state index in [9.17, 15) is 0 Å². The summed E-state index contributed by atoms with van der Waals surface area (Å²) in [5.41, 5.74) is 8.19. The summed E-state index contributed by atoms with van der Waals surface area (Å²) in [6.45, 7) is 5.94. The molecule has 0 radical (unpaired) electrons. The van der Waals surface area contributed by atoms with Crippen molar-refractivity contribution < 1.29 is 9.47 Å². The van der Waals surface area contributed by atoms with Crippen LogP contribution >= 0.6 is 35.3 Å². The van der Waals surface area contributed by atoms with Gasteiger partial charge in [-0.3, -0.25) is 0 Å². The third-order valence-corrected chi connectivity index (χ3v) is 4.99. The second kappa shape index (κ2) is 10.0. The molecule has 0 fully saturated rings. The molecule has 0 amide bonds. The van der Waals surface area contributed by atoms with Crippen molar-refractivity contribution in [2.24, 2.45) is 10.7 Å². The standard InChI is InChI=1S/C19H25N3O2S.HI/c1-3-23-17-10-14-9-13(2)24-18(14)11-15(17)12-22-19(20)21-7-6-16-5-4-8-25-16;/h4-5,8,10-11,13H,3,6-7,9,12H2,1-2H3,(H3,20,21,22);1H. The lowest BCUT2D eigenvalue weighted by atomic mass is 10.1. The summed E-state index contributed by atoms with van der Waals surface area (Å²) < 4.78 is 11.6. The molecule has 5 nitrogen and oxygen atoms in total. The second-order valence-electron chi connectivity index (χ2n) is 6.09. The van der Waals surface area contributed by atoms with Gasteiger partial charge in [0.2, 0.25) is 0 Å². The van der Waals surface area contributed by atoms with Crippen molar-refractivity contribution in [3.63, 3.8) is 0 Å². The molecule has 0 saturated carbocycles. The molecule has 142 valence electrons. The number of nitrogens with one attached hydrogen (secondary N) is 1. The molecule has 1 aromatic heterocycles. The Balaban J connectivity index is 0.00000243. The Morgan fingerprint density at radius 3 is 3.04 bits per heavy atom. The lowest BCUT2D eigenvalue weighted by Crippen LogP contribution is -2.33. The first-order chi connectivity index (χ1) is 12.2. The van der Waals surface area contributed by atoms with E-state index in [1.807, 2.05) is 13.0 Å². The van der Waals surface area contributed by atoms with Crippen LogP contribution in [0.4, 0.5) is 0 Å². The van der Waals surface area contributed by atoms with Crippen LogP contribution in [0.1, 0.15) is 29.9 Å². The van der Waals surface area contributed by atoms with Gasteiger partial charge in [-0.1, -0.05) is 6.07 Å². The quantitative estimate of drug-likeness (QED) is 0.355. The van der Waals surface area contributed by atoms with Crippen LogP contribution in [0, 0.1) is 0 Å². The van der Waals surface area contributed by atoms with Crippen molar-refractivity contribution in [2.45, 2.75) is 39.3 Å². The summed E-state index contributed by atoms with van der Waals surface area (Å²) in [7, 11) is 0. The van der Waals surface area contributed by atoms with Gasteiger partial charge in [0.1, 0.15) is 17.6 Å². The molecule has 0 saturated heterocycles. The van der Waals surface area contributed by atoms with E-state index in [0.29, 0.717) is 19.1 Å². The highest BCUT2D eigenvalue weighted by atomic mass is 127. The van der Waals surface area contributed by atoms with E-state index in [1.54, 1.807) is 11.3 Å². The summed E-state index contributed by atoms with van der Waals surface area (Å²) in [6.07, 6.45) is 2.08. The van der Waals surface area contributed by atoms with Crippen LogP contribution in [-0.2, 0) is 19.4 Å². The number of rotatable bonds is 7. The van der Waals surface area contributed by atoms with Crippen LogP contribution in [0.25, 0.3) is 0 Å². The summed E-state index contributed by atoms with van der Waals surface area (Å²) in [6, 6.07) is 8.29. The third-order valence-electron chi connectivity index (χ3n) is 4.06. The highest BCUT2D eigenvalue weighted by Gasteiger charge is 2.21. The number of hydrogen-bond donors (Lipinski definition) is 2. The van der Waals surface area contributed by atoms with Crippen molar-refractivity contribution in [2.75, 3.05) is 13.2 Å². The molecule has 1 aliphatic rings. The predicted molar refractivity (Wildman–Crippen MR) is 118 cm³/mol. The molecular weight excluding hydrogens is 461 g/mol. The Hall–Kier alpha value is -1.48. The van der Waals surface area contributed by atoms with E-state index >= 15 is 0 Å². The number of nitrogens with zero attached hydrogens (tertiary/aromatic N) is 1. The van der Waals surface area contributed by atoms with Crippen LogP contribution in [0.3, 0.4) is 0 Å². The van der Waals surface area contributed by atoms with Crippen LogP contribution in [0.5, 0.6) is 11.5 Å². The fourth-order valence-electron chi connectivity index (χ4n) is 2.89. The lowest BCUT2D eigenvalue weighted by Gasteiger charge is -2.12. The number of thiophene rings is 1. The summed E-state index contributed by atoms with van der Waals surface area (Å²) in [4.78, 5) is 5.79. The van der Waals surface area contributed by atoms with Gasteiger partial charge in [0.15, 0.2) is 5.96 Å². The maximum Gasteiger partial charge on any atom is 0.188 e. The molecule has 3 N–H and O–H groups in total. The average Bonchev–Trinajstić information content (AvgIpc) is 3.21. The second-order valence-corrected chi connectivity index (χ2v) is 7.12. The number of nitrogens with two attached hydrogens (primary N) is 1. The van der Waals surface area contributed by atoms with Gasteiger partial charge in [0.25, 0.3) is 0 Å². The number of hydrogen-bond acceptors (Lipinski definition) is 4. The molecule has 1 aliphatic heterocycles. The topological polar surface area (TPSA) is 68.9 Å². The van der Waals surface area contributed by atoms with E-state index in [-0.39, 0.29) is 30.1 Å². The maximum absolute atomic E-state index is 5.99. The van der Waals surface area contributed by atoms with Gasteiger partial charge in [-0.15, -0.1) is 35.3 Å². The molecule has 26 heavy (non-hydrogen) atoms. The number of guanidine groups is 1. The Morgan fingerprint density at radius 2 is 2.31 bits per heavy atom. The minimum Gasteiger partial charge on any atom is -0.494 e. The SMILES string of the molecule is CCOc1cc2c(cc1CN=C(N)NCCc1cccs1)OC(C)C2.I. The van der Waals surface area contributed by atoms with Crippen LogP contribution in [0.15, 0.2) is 34.6 Å². The van der Waals surface area contributed by atoms with Gasteiger partial charge in [0.05, 0.1) is 13.2 Å². The minimum atomic E-state index is 0. The van der Waals surface area contributed by atoms with Gasteiger partial charge >= 0.3 is 0 Å². The molecule has 3 rings (SSSR count). The first kappa shape index (κ1) is 20.8. The van der Waals surface area contributed by atoms with Gasteiger partial charge in [-0.05, 0) is 43.8 Å². The van der Waals surface area contributed by atoms with E-state index in [1.165, 1.54) is 10.4 Å². The van der Waals surface area contributed by atoms with E-state index in [2.05, 4.69) is 40.8 Å². The Bertz CT molecular complexity index is 735. The Kier molecular flexibility index (Phi) is 8.02. The van der Waals surface area contributed by atoms with E-state index < -0.39 is 0 Å². The lowest BCUT2D eigenvalue weighted by molar-refractivity contribution is 0.254. The molecule has 0 bridgehead atoms. The Morgan fingerprint density at radius 1 is 1.46 bits per heavy atom. The first-order valence-electron chi connectivity index (χ1n) is 8.67. The van der Waals surface area contributed by atoms with Crippen molar-refractivity contribution >= 4 is 41.3 Å². The predicted octanol–water partition coefficient (Wildman–Crippen LogP) is 3.74. The summed E-state index contributed by atoms with van der Waals surface area (Å²) in [5.74, 6) is 2.26. The van der Waals surface area contributed by atoms with Gasteiger partial charge in [0, 0.05) is 29.0 Å². The van der Waals surface area contributed by atoms with Crippen molar-refractivity contribution in [1.29, 1.82) is 0 Å². The monoisotopic (exact) mass is 487 g/mol. The van der Waals surface area contributed by atoms with Crippen LogP contribution < -0.4 is 20.5 Å². The highest BCUT2D eigenvalue weighted by Crippen LogP contribution is 2.35. The molecule has 2 heterocycles.